The molecule has 0 aromatic heterocycles. The van der Waals surface area contributed by atoms with Gasteiger partial charge in [-0.2, -0.15) is 5.26 Å². The zero-order chi connectivity index (χ0) is 13.8. The van der Waals surface area contributed by atoms with Crippen molar-refractivity contribution in [3.05, 3.63) is 38.9 Å². The fourth-order valence-electron chi connectivity index (χ4n) is 2.40. The summed E-state index contributed by atoms with van der Waals surface area (Å²) in [5.41, 5.74) is 0.631. The van der Waals surface area contributed by atoms with Crippen LogP contribution in [0.4, 0.5) is 5.69 Å². The van der Waals surface area contributed by atoms with E-state index in [2.05, 4.69) is 6.07 Å². The standard InChI is InChI=1S/C13H14ClN3O2/c14-11-4-5-13(17(18)19)10(7-11)9-16-6-2-1-3-12(16)8-15/h4-5,7,12H,1-3,6,9H2. The molecule has 0 saturated carbocycles. The lowest BCUT2D eigenvalue weighted by Gasteiger charge is -2.31. The summed E-state index contributed by atoms with van der Waals surface area (Å²) >= 11 is 5.90. The molecule has 0 amide bonds. The van der Waals surface area contributed by atoms with Crippen LogP contribution in [0.15, 0.2) is 18.2 Å². The van der Waals surface area contributed by atoms with E-state index in [0.717, 1.165) is 25.8 Å². The third kappa shape index (κ3) is 3.22. The third-order valence-corrected chi connectivity index (χ3v) is 3.61. The number of nitro benzene ring substituents is 1. The van der Waals surface area contributed by atoms with Crippen LogP contribution in [0, 0.1) is 21.4 Å². The molecule has 2 rings (SSSR count). The van der Waals surface area contributed by atoms with Gasteiger partial charge in [0.05, 0.1) is 17.0 Å². The van der Waals surface area contributed by atoms with Crippen LogP contribution in [0.25, 0.3) is 0 Å². The predicted molar refractivity (Wildman–Crippen MR) is 71.8 cm³/mol. The fourth-order valence-corrected chi connectivity index (χ4v) is 2.60. The van der Waals surface area contributed by atoms with Crippen molar-refractivity contribution in [3.63, 3.8) is 0 Å². The van der Waals surface area contributed by atoms with Crippen molar-refractivity contribution in [2.45, 2.75) is 31.8 Å². The first-order valence-corrected chi connectivity index (χ1v) is 6.56. The van der Waals surface area contributed by atoms with Gasteiger partial charge in [0.15, 0.2) is 0 Å². The molecule has 1 aromatic rings. The molecule has 1 aliphatic rings. The van der Waals surface area contributed by atoms with Crippen molar-refractivity contribution in [2.24, 2.45) is 0 Å². The number of nitrogens with zero attached hydrogens (tertiary/aromatic N) is 3. The molecular formula is C13H14ClN3O2. The first-order chi connectivity index (χ1) is 9.11. The van der Waals surface area contributed by atoms with Crippen molar-refractivity contribution in [1.82, 2.24) is 4.90 Å². The summed E-state index contributed by atoms with van der Waals surface area (Å²) in [4.78, 5) is 12.6. The molecule has 0 aliphatic carbocycles. The van der Waals surface area contributed by atoms with Crippen molar-refractivity contribution >= 4 is 17.3 Å². The highest BCUT2D eigenvalue weighted by molar-refractivity contribution is 6.30. The Labute approximate surface area is 116 Å². The van der Waals surface area contributed by atoms with Crippen LogP contribution in [-0.2, 0) is 6.54 Å². The molecule has 1 fully saturated rings. The molecule has 100 valence electrons. The molecule has 1 saturated heterocycles. The van der Waals surface area contributed by atoms with Crippen LogP contribution in [0.5, 0.6) is 0 Å². The molecule has 1 aromatic carbocycles. The van der Waals surface area contributed by atoms with E-state index in [1.807, 2.05) is 4.90 Å². The summed E-state index contributed by atoms with van der Waals surface area (Å²) < 4.78 is 0. The third-order valence-electron chi connectivity index (χ3n) is 3.37. The first kappa shape index (κ1) is 13.8. The first-order valence-electron chi connectivity index (χ1n) is 6.18. The Morgan fingerprint density at radius 3 is 3.00 bits per heavy atom. The summed E-state index contributed by atoms with van der Waals surface area (Å²) in [7, 11) is 0. The zero-order valence-corrected chi connectivity index (χ0v) is 11.1. The molecule has 1 unspecified atom stereocenters. The normalized spacial score (nSPS) is 19.9. The van der Waals surface area contributed by atoms with Crippen LogP contribution in [0.2, 0.25) is 5.02 Å². The van der Waals surface area contributed by atoms with Gasteiger partial charge in [0.25, 0.3) is 5.69 Å². The fraction of sp³-hybridized carbons (Fsp3) is 0.462. The van der Waals surface area contributed by atoms with Gasteiger partial charge in [0.2, 0.25) is 0 Å². The Kier molecular flexibility index (Phi) is 4.35. The van der Waals surface area contributed by atoms with Gasteiger partial charge in [-0.05, 0) is 37.9 Å². The van der Waals surface area contributed by atoms with Gasteiger partial charge in [-0.15, -0.1) is 0 Å². The van der Waals surface area contributed by atoms with E-state index >= 15 is 0 Å². The van der Waals surface area contributed by atoms with E-state index in [0.29, 0.717) is 17.1 Å². The molecule has 1 aliphatic heterocycles. The highest BCUT2D eigenvalue weighted by Crippen LogP contribution is 2.26. The SMILES string of the molecule is N#CC1CCCCN1Cc1cc(Cl)ccc1[N+](=O)[O-]. The van der Waals surface area contributed by atoms with Gasteiger partial charge in [0.1, 0.15) is 0 Å². The maximum absolute atomic E-state index is 11.0. The van der Waals surface area contributed by atoms with E-state index in [1.54, 1.807) is 6.07 Å². The van der Waals surface area contributed by atoms with E-state index in [4.69, 9.17) is 16.9 Å². The number of piperidine rings is 1. The summed E-state index contributed by atoms with van der Waals surface area (Å²) in [6.45, 7) is 1.19. The van der Waals surface area contributed by atoms with Gasteiger partial charge >= 0.3 is 0 Å². The van der Waals surface area contributed by atoms with E-state index in [1.165, 1.54) is 12.1 Å². The molecule has 19 heavy (non-hydrogen) atoms. The monoisotopic (exact) mass is 279 g/mol. The summed E-state index contributed by atoms with van der Waals surface area (Å²) in [5.74, 6) is 0. The lowest BCUT2D eigenvalue weighted by atomic mass is 10.0. The Hall–Kier alpha value is -1.64. The Morgan fingerprint density at radius 2 is 2.32 bits per heavy atom. The largest absolute Gasteiger partial charge is 0.283 e. The number of likely N-dealkylation sites (tertiary alicyclic amines) is 1. The number of hydrogen-bond acceptors (Lipinski definition) is 4. The quantitative estimate of drug-likeness (QED) is 0.629. The van der Waals surface area contributed by atoms with Crippen LogP contribution in [0.3, 0.4) is 0 Å². The lowest BCUT2D eigenvalue weighted by molar-refractivity contribution is -0.385. The second-order valence-corrected chi connectivity index (χ2v) is 5.08. The Bertz CT molecular complexity index is 527. The number of benzene rings is 1. The van der Waals surface area contributed by atoms with E-state index in [-0.39, 0.29) is 11.7 Å². The molecule has 0 bridgehead atoms. The molecular weight excluding hydrogens is 266 g/mol. The van der Waals surface area contributed by atoms with Crippen LogP contribution >= 0.6 is 11.6 Å². The van der Waals surface area contributed by atoms with E-state index < -0.39 is 4.92 Å². The molecule has 0 N–H and O–H groups in total. The molecule has 6 heteroatoms. The second kappa shape index (κ2) is 6.00. The number of nitro groups is 1. The highest BCUT2D eigenvalue weighted by Gasteiger charge is 2.24. The second-order valence-electron chi connectivity index (χ2n) is 4.64. The molecule has 0 radical (unpaired) electrons. The predicted octanol–water partition coefficient (Wildman–Crippen LogP) is 3.13. The minimum atomic E-state index is -0.406. The summed E-state index contributed by atoms with van der Waals surface area (Å²) in [5, 5.41) is 20.6. The molecule has 1 heterocycles. The number of rotatable bonds is 3. The van der Waals surface area contributed by atoms with Crippen LogP contribution in [0.1, 0.15) is 24.8 Å². The highest BCUT2D eigenvalue weighted by atomic mass is 35.5. The average molecular weight is 280 g/mol. The van der Waals surface area contributed by atoms with E-state index in [9.17, 15) is 10.1 Å². The average Bonchev–Trinajstić information content (AvgIpc) is 2.39. The minimum Gasteiger partial charge on any atom is -0.283 e. The maximum Gasteiger partial charge on any atom is 0.273 e. The zero-order valence-electron chi connectivity index (χ0n) is 10.4. The van der Waals surface area contributed by atoms with Gasteiger partial charge in [0, 0.05) is 23.2 Å². The molecule has 5 nitrogen and oxygen atoms in total. The smallest absolute Gasteiger partial charge is 0.273 e. The van der Waals surface area contributed by atoms with Crippen molar-refractivity contribution < 1.29 is 4.92 Å². The lowest BCUT2D eigenvalue weighted by Crippen LogP contribution is -2.38. The minimum absolute atomic E-state index is 0.0617. The molecule has 0 spiro atoms. The van der Waals surface area contributed by atoms with Gasteiger partial charge in [-0.3, -0.25) is 15.0 Å². The van der Waals surface area contributed by atoms with Crippen LogP contribution < -0.4 is 0 Å². The van der Waals surface area contributed by atoms with Gasteiger partial charge in [-0.1, -0.05) is 11.6 Å². The Balaban J connectivity index is 2.24. The van der Waals surface area contributed by atoms with Crippen molar-refractivity contribution in [3.8, 4) is 6.07 Å². The summed E-state index contributed by atoms with van der Waals surface area (Å²) in [6, 6.07) is 6.65. The van der Waals surface area contributed by atoms with Gasteiger partial charge < -0.3 is 0 Å². The number of halogens is 1. The number of nitriles is 1. The van der Waals surface area contributed by atoms with Crippen LogP contribution in [-0.4, -0.2) is 22.4 Å². The van der Waals surface area contributed by atoms with Crippen molar-refractivity contribution in [2.75, 3.05) is 6.54 Å². The van der Waals surface area contributed by atoms with Crippen molar-refractivity contribution in [1.29, 1.82) is 5.26 Å². The Morgan fingerprint density at radius 1 is 1.53 bits per heavy atom. The molecule has 1 atom stereocenters. The maximum atomic E-state index is 11.0. The van der Waals surface area contributed by atoms with Gasteiger partial charge in [-0.25, -0.2) is 0 Å². The topological polar surface area (TPSA) is 70.2 Å². The number of hydrogen-bond donors (Lipinski definition) is 0. The summed E-state index contributed by atoms with van der Waals surface area (Å²) in [6.07, 6.45) is 2.88.